The van der Waals surface area contributed by atoms with E-state index in [9.17, 15) is 18.7 Å². The lowest BCUT2D eigenvalue weighted by molar-refractivity contribution is -0.127. The quantitative estimate of drug-likeness (QED) is 0.349. The van der Waals surface area contributed by atoms with Crippen molar-refractivity contribution in [2.45, 2.75) is 50.0 Å². The van der Waals surface area contributed by atoms with E-state index < -0.39 is 21.5 Å². The molecule has 3 fully saturated rings. The van der Waals surface area contributed by atoms with Crippen LogP contribution in [-0.4, -0.2) is 57.3 Å². The number of nitrogens with one attached hydrogen (secondary N) is 2. The van der Waals surface area contributed by atoms with Gasteiger partial charge in [-0.1, -0.05) is 35.1 Å². The summed E-state index contributed by atoms with van der Waals surface area (Å²) in [6.45, 7) is 1.49. The number of carbonyl (C=O) groups is 1. The fraction of sp³-hybridized carbons (Fsp3) is 0.467. The van der Waals surface area contributed by atoms with E-state index in [-0.39, 0.29) is 17.7 Å². The molecular formula is C30H35FN6O2S2. The summed E-state index contributed by atoms with van der Waals surface area (Å²) >= 11 is 1.51. The fourth-order valence-corrected chi connectivity index (χ4v) is 8.90. The zero-order chi connectivity index (χ0) is 28.6. The van der Waals surface area contributed by atoms with E-state index in [0.717, 1.165) is 60.6 Å². The maximum absolute atomic E-state index is 13.6. The molecule has 3 aliphatic rings. The Morgan fingerprint density at radius 2 is 1.88 bits per heavy atom. The lowest BCUT2D eigenvalue weighted by atomic mass is 9.76. The zero-order valence-electron chi connectivity index (χ0n) is 23.1. The van der Waals surface area contributed by atoms with E-state index in [1.165, 1.54) is 23.6 Å². The molecule has 216 valence electrons. The van der Waals surface area contributed by atoms with Crippen molar-refractivity contribution in [3.8, 4) is 27.2 Å². The van der Waals surface area contributed by atoms with Gasteiger partial charge in [0.2, 0.25) is 5.91 Å². The smallest absolute Gasteiger partial charge is 0.225 e. The molecule has 1 amide bonds. The van der Waals surface area contributed by atoms with Gasteiger partial charge in [0, 0.05) is 42.1 Å². The largest absolute Gasteiger partial charge is 0.370 e. The minimum absolute atomic E-state index is 0.0616. The number of hydrogen-bond acceptors (Lipinski definition) is 7. The van der Waals surface area contributed by atoms with Crippen LogP contribution in [0.4, 0.5) is 10.1 Å². The lowest BCUT2D eigenvalue weighted by Crippen LogP contribution is -2.49. The number of rotatable bonds is 7. The molecule has 1 aromatic carbocycles. The molecule has 1 aliphatic heterocycles. The number of pyridine rings is 1. The maximum atomic E-state index is 13.6. The van der Waals surface area contributed by atoms with Gasteiger partial charge < -0.3 is 10.2 Å². The second-order valence-corrected chi connectivity index (χ2v) is 15.5. The topological polar surface area (TPSA) is 111 Å². The minimum Gasteiger partial charge on any atom is -0.370 e. The third-order valence-corrected chi connectivity index (χ3v) is 12.5. The first-order valence-electron chi connectivity index (χ1n) is 14.3. The predicted molar refractivity (Wildman–Crippen MR) is 162 cm³/mol. The van der Waals surface area contributed by atoms with Crippen LogP contribution in [0, 0.1) is 23.1 Å². The monoisotopic (exact) mass is 594 g/mol. The van der Waals surface area contributed by atoms with Crippen molar-refractivity contribution in [1.82, 2.24) is 20.0 Å². The summed E-state index contributed by atoms with van der Waals surface area (Å²) in [6, 6.07) is 13.7. The van der Waals surface area contributed by atoms with Crippen LogP contribution in [-0.2, 0) is 14.9 Å². The Kier molecular flexibility index (Phi) is 7.66. The van der Waals surface area contributed by atoms with Crippen molar-refractivity contribution < 1.29 is 13.4 Å². The number of halogens is 1. The SMILES string of the molecule is CN[SH]1(=O)CCN(c2ccc(-c3sc(-c4ccc(F)cn4)nc3[C@@H]3CCCC[C@H]3C(=O)NC3(C#N)CC3)cc2)CC1. The summed E-state index contributed by atoms with van der Waals surface area (Å²) in [6.07, 6.45) is 6.15. The van der Waals surface area contributed by atoms with Gasteiger partial charge in [-0.25, -0.2) is 9.37 Å². The first-order valence-corrected chi connectivity index (χ1v) is 17.2. The second kappa shape index (κ2) is 11.2. The molecule has 0 unspecified atom stereocenters. The number of thiazole rings is 1. The minimum atomic E-state index is -2.27. The van der Waals surface area contributed by atoms with Crippen LogP contribution in [0.5, 0.6) is 0 Å². The van der Waals surface area contributed by atoms with Gasteiger partial charge in [0.25, 0.3) is 0 Å². The standard InChI is InChI=1S/C30H35FN6O2S2/c1-33-41(39)16-14-37(15-17-41)22-9-6-20(7-10-22)27-26(35-29(40-27)25-11-8-21(31)18-34-25)23-4-2-3-5-24(23)28(38)36-30(19-32)12-13-30/h6-11,18,23-24,41H,2-5,12-17H2,1H3,(H,33,39)(H,36,38)/t23-,24-/m1/s1. The Morgan fingerprint density at radius 1 is 1.15 bits per heavy atom. The molecule has 2 aromatic heterocycles. The van der Waals surface area contributed by atoms with Crippen LogP contribution in [0.25, 0.3) is 21.1 Å². The summed E-state index contributed by atoms with van der Waals surface area (Å²) < 4.78 is 29.4. The van der Waals surface area contributed by atoms with E-state index in [0.29, 0.717) is 35.0 Å². The average molecular weight is 595 g/mol. The van der Waals surface area contributed by atoms with Gasteiger partial charge in [-0.3, -0.25) is 18.7 Å². The van der Waals surface area contributed by atoms with E-state index in [4.69, 9.17) is 4.98 Å². The number of benzene rings is 1. The molecule has 1 saturated heterocycles. The number of anilines is 1. The molecule has 0 radical (unpaired) electrons. The Balaban J connectivity index is 1.33. The van der Waals surface area contributed by atoms with E-state index >= 15 is 0 Å². The molecule has 0 spiro atoms. The fourth-order valence-electron chi connectivity index (χ4n) is 5.99. The van der Waals surface area contributed by atoms with Gasteiger partial charge in [0.15, 0.2) is 0 Å². The number of carbonyl (C=O) groups excluding carboxylic acids is 1. The van der Waals surface area contributed by atoms with Crippen LogP contribution >= 0.6 is 11.3 Å². The highest BCUT2D eigenvalue weighted by Crippen LogP contribution is 2.46. The molecule has 41 heavy (non-hydrogen) atoms. The molecule has 6 rings (SSSR count). The Hall–Kier alpha value is -3.20. The van der Waals surface area contributed by atoms with Crippen molar-refractivity contribution in [2.75, 3.05) is 36.5 Å². The third kappa shape index (κ3) is 5.78. The van der Waals surface area contributed by atoms with Crippen LogP contribution < -0.4 is 14.9 Å². The van der Waals surface area contributed by atoms with Gasteiger partial charge in [-0.05, 0) is 62.6 Å². The van der Waals surface area contributed by atoms with Crippen LogP contribution in [0.15, 0.2) is 42.6 Å². The number of nitrogens with zero attached hydrogens (tertiary/aromatic N) is 4. The highest BCUT2D eigenvalue weighted by Gasteiger charge is 2.47. The summed E-state index contributed by atoms with van der Waals surface area (Å²) in [5.74, 6) is 0.484. The van der Waals surface area contributed by atoms with E-state index in [1.807, 2.05) is 0 Å². The summed E-state index contributed by atoms with van der Waals surface area (Å²) in [4.78, 5) is 26.1. The average Bonchev–Trinajstić information content (AvgIpc) is 3.64. The van der Waals surface area contributed by atoms with Gasteiger partial charge in [-0.2, -0.15) is 5.26 Å². The number of thiol groups is 1. The van der Waals surface area contributed by atoms with Crippen LogP contribution in [0.2, 0.25) is 0 Å². The van der Waals surface area contributed by atoms with Crippen molar-refractivity contribution in [3.63, 3.8) is 0 Å². The van der Waals surface area contributed by atoms with Gasteiger partial charge in [0.05, 0.1) is 28.5 Å². The third-order valence-electron chi connectivity index (χ3n) is 8.74. The summed E-state index contributed by atoms with van der Waals surface area (Å²) in [5, 5.41) is 13.3. The molecule has 0 bridgehead atoms. The highest BCUT2D eigenvalue weighted by atomic mass is 32.3. The maximum Gasteiger partial charge on any atom is 0.225 e. The Morgan fingerprint density at radius 3 is 2.51 bits per heavy atom. The van der Waals surface area contributed by atoms with E-state index in [1.54, 1.807) is 13.1 Å². The normalized spacial score (nSPS) is 23.8. The lowest BCUT2D eigenvalue weighted by Gasteiger charge is -2.36. The van der Waals surface area contributed by atoms with Crippen molar-refractivity contribution in [2.24, 2.45) is 5.92 Å². The molecular weight excluding hydrogens is 560 g/mol. The first-order chi connectivity index (χ1) is 19.8. The zero-order valence-corrected chi connectivity index (χ0v) is 24.8. The second-order valence-electron chi connectivity index (χ2n) is 11.4. The molecule has 11 heteroatoms. The summed E-state index contributed by atoms with van der Waals surface area (Å²) in [7, 11) is -0.486. The molecule has 3 aromatic rings. The number of nitriles is 1. The van der Waals surface area contributed by atoms with Gasteiger partial charge in [-0.15, -0.1) is 11.3 Å². The number of aromatic nitrogens is 2. The van der Waals surface area contributed by atoms with E-state index in [2.05, 4.69) is 50.3 Å². The number of hydrogen-bond donors (Lipinski definition) is 3. The summed E-state index contributed by atoms with van der Waals surface area (Å²) in [5.41, 5.74) is 2.86. The van der Waals surface area contributed by atoms with Gasteiger partial charge in [0.1, 0.15) is 16.4 Å². The predicted octanol–water partition coefficient (Wildman–Crippen LogP) is 4.43. The highest BCUT2D eigenvalue weighted by molar-refractivity contribution is 8.01. The van der Waals surface area contributed by atoms with Crippen molar-refractivity contribution >= 4 is 33.1 Å². The molecule has 2 saturated carbocycles. The first kappa shape index (κ1) is 27.9. The van der Waals surface area contributed by atoms with Crippen LogP contribution in [0.3, 0.4) is 0 Å². The van der Waals surface area contributed by atoms with Crippen molar-refractivity contribution in [1.29, 1.82) is 5.26 Å². The molecule has 2 aliphatic carbocycles. The van der Waals surface area contributed by atoms with Gasteiger partial charge >= 0.3 is 0 Å². The molecule has 2 N–H and O–H groups in total. The van der Waals surface area contributed by atoms with Crippen LogP contribution in [0.1, 0.15) is 50.1 Å². The molecule has 3 heterocycles. The van der Waals surface area contributed by atoms with Crippen molar-refractivity contribution in [3.05, 3.63) is 54.1 Å². The molecule has 2 atom stereocenters. The number of amides is 1. The Bertz CT molecular complexity index is 1500. The molecule has 8 nitrogen and oxygen atoms in total. The Labute approximate surface area is 245 Å².